The number of tetrazole rings is 1. The van der Waals surface area contributed by atoms with Crippen LogP contribution in [0.3, 0.4) is 0 Å². The van der Waals surface area contributed by atoms with Gasteiger partial charge in [0.2, 0.25) is 5.16 Å². The van der Waals surface area contributed by atoms with E-state index in [1.54, 1.807) is 16.4 Å². The van der Waals surface area contributed by atoms with E-state index in [0.717, 1.165) is 10.9 Å². The van der Waals surface area contributed by atoms with Crippen molar-refractivity contribution in [3.8, 4) is 6.07 Å². The van der Waals surface area contributed by atoms with Crippen LogP contribution in [0, 0.1) is 16.7 Å². The van der Waals surface area contributed by atoms with Gasteiger partial charge in [0.1, 0.15) is 0 Å². The third-order valence-corrected chi connectivity index (χ3v) is 3.86. The molecule has 1 aliphatic rings. The van der Waals surface area contributed by atoms with E-state index in [0.29, 0.717) is 6.42 Å². The zero-order valence-electron chi connectivity index (χ0n) is 7.97. The molecule has 6 heteroatoms. The van der Waals surface area contributed by atoms with Crippen LogP contribution in [0.5, 0.6) is 0 Å². The van der Waals surface area contributed by atoms with Crippen molar-refractivity contribution in [2.24, 2.45) is 12.5 Å². The Labute approximate surface area is 86.5 Å². The van der Waals surface area contributed by atoms with Crippen LogP contribution >= 0.6 is 11.8 Å². The molecular weight excluding hydrogens is 198 g/mol. The normalized spacial score (nSPS) is 17.7. The van der Waals surface area contributed by atoms with E-state index in [9.17, 15) is 0 Å². The first-order chi connectivity index (χ1) is 6.76. The molecule has 0 radical (unpaired) electrons. The summed E-state index contributed by atoms with van der Waals surface area (Å²) in [5, 5.41) is 20.7. The molecule has 2 rings (SSSR count). The molecule has 74 valence electrons. The van der Waals surface area contributed by atoms with E-state index in [-0.39, 0.29) is 5.41 Å². The minimum absolute atomic E-state index is 0.255. The molecule has 14 heavy (non-hydrogen) atoms. The number of hydrogen-bond acceptors (Lipinski definition) is 5. The summed E-state index contributed by atoms with van der Waals surface area (Å²) < 4.78 is 1.66. The Morgan fingerprint density at radius 1 is 1.64 bits per heavy atom. The summed E-state index contributed by atoms with van der Waals surface area (Å²) in [5.74, 6) is 0.953. The van der Waals surface area contributed by atoms with Gasteiger partial charge in [-0.2, -0.15) is 5.26 Å². The van der Waals surface area contributed by atoms with Gasteiger partial charge >= 0.3 is 0 Å². The Hall–Kier alpha value is -1.09. The molecule has 0 aromatic carbocycles. The van der Waals surface area contributed by atoms with Crippen LogP contribution in [0.15, 0.2) is 5.16 Å². The van der Waals surface area contributed by atoms with Crippen molar-refractivity contribution in [2.75, 3.05) is 5.75 Å². The summed E-state index contributed by atoms with van der Waals surface area (Å²) in [6.07, 6.45) is 2.99. The largest absolute Gasteiger partial charge is 0.224 e. The molecule has 1 saturated carbocycles. The fourth-order valence-corrected chi connectivity index (χ4v) is 2.42. The zero-order chi connectivity index (χ0) is 10.0. The highest BCUT2D eigenvalue weighted by atomic mass is 32.2. The van der Waals surface area contributed by atoms with E-state index < -0.39 is 0 Å². The van der Waals surface area contributed by atoms with Crippen molar-refractivity contribution in [1.29, 1.82) is 5.26 Å². The van der Waals surface area contributed by atoms with Crippen LogP contribution in [0.1, 0.15) is 19.3 Å². The maximum atomic E-state index is 8.65. The minimum atomic E-state index is 0.255. The highest BCUT2D eigenvalue weighted by molar-refractivity contribution is 7.99. The molecule has 0 atom stereocenters. The van der Waals surface area contributed by atoms with E-state index in [4.69, 9.17) is 5.26 Å². The lowest BCUT2D eigenvalue weighted by Crippen LogP contribution is -2.04. The lowest BCUT2D eigenvalue weighted by Gasteiger charge is -2.08. The third kappa shape index (κ3) is 1.87. The first-order valence-corrected chi connectivity index (χ1v) is 5.46. The Morgan fingerprint density at radius 2 is 2.43 bits per heavy atom. The summed E-state index contributed by atoms with van der Waals surface area (Å²) in [4.78, 5) is 0. The van der Waals surface area contributed by atoms with Crippen LogP contribution in [0.4, 0.5) is 0 Å². The van der Waals surface area contributed by atoms with Crippen LogP contribution in [0.25, 0.3) is 0 Å². The number of aryl methyl sites for hydroxylation is 1. The maximum absolute atomic E-state index is 8.65. The number of nitrogens with zero attached hydrogens (tertiary/aromatic N) is 5. The van der Waals surface area contributed by atoms with Gasteiger partial charge in [0.25, 0.3) is 0 Å². The van der Waals surface area contributed by atoms with Gasteiger partial charge < -0.3 is 0 Å². The number of rotatable bonds is 4. The van der Waals surface area contributed by atoms with Gasteiger partial charge in [-0.15, -0.1) is 5.10 Å². The Balaban J connectivity index is 1.89. The lowest BCUT2D eigenvalue weighted by molar-refractivity contribution is 0.600. The van der Waals surface area contributed by atoms with Gasteiger partial charge in [0, 0.05) is 19.2 Å². The molecule has 1 aromatic heterocycles. The second kappa shape index (κ2) is 3.58. The summed E-state index contributed by atoms with van der Waals surface area (Å²) >= 11 is 1.64. The number of nitriles is 1. The van der Waals surface area contributed by atoms with E-state index in [1.807, 2.05) is 7.05 Å². The molecule has 0 aliphatic heterocycles. The zero-order valence-corrected chi connectivity index (χ0v) is 8.79. The SMILES string of the molecule is Cn1nnnc1SCC1(CC#N)CC1. The predicted octanol–water partition coefficient (Wildman–Crippen LogP) is 0.996. The van der Waals surface area contributed by atoms with Crippen LogP contribution in [-0.2, 0) is 7.05 Å². The first kappa shape index (κ1) is 9.46. The van der Waals surface area contributed by atoms with Gasteiger partial charge in [-0.1, -0.05) is 11.8 Å². The van der Waals surface area contributed by atoms with Crippen LogP contribution < -0.4 is 0 Å². The summed E-state index contributed by atoms with van der Waals surface area (Å²) in [6.45, 7) is 0. The second-order valence-electron chi connectivity index (χ2n) is 3.71. The van der Waals surface area contributed by atoms with Crippen molar-refractivity contribution >= 4 is 11.8 Å². The number of aromatic nitrogens is 4. The molecule has 1 fully saturated rings. The Bertz CT molecular complexity index is 362. The molecule has 0 amide bonds. The quantitative estimate of drug-likeness (QED) is 0.692. The first-order valence-electron chi connectivity index (χ1n) is 4.48. The minimum Gasteiger partial charge on any atom is -0.224 e. The van der Waals surface area contributed by atoms with Crippen molar-refractivity contribution in [1.82, 2.24) is 20.2 Å². The maximum Gasteiger partial charge on any atom is 0.209 e. The Kier molecular flexibility index (Phi) is 2.42. The van der Waals surface area contributed by atoms with E-state index in [1.165, 1.54) is 12.8 Å². The topological polar surface area (TPSA) is 67.4 Å². The molecule has 0 bridgehead atoms. The van der Waals surface area contributed by atoms with Gasteiger partial charge in [-0.3, -0.25) is 0 Å². The molecule has 0 saturated heterocycles. The summed E-state index contributed by atoms with van der Waals surface area (Å²) in [7, 11) is 1.83. The van der Waals surface area contributed by atoms with Gasteiger partial charge in [-0.05, 0) is 28.7 Å². The number of hydrogen-bond donors (Lipinski definition) is 0. The average molecular weight is 209 g/mol. The summed E-state index contributed by atoms with van der Waals surface area (Å²) in [6, 6.07) is 2.24. The van der Waals surface area contributed by atoms with Crippen LogP contribution in [-0.4, -0.2) is 26.0 Å². The molecule has 1 heterocycles. The molecule has 0 spiro atoms. The molecule has 1 aromatic rings. The van der Waals surface area contributed by atoms with E-state index in [2.05, 4.69) is 21.6 Å². The molecule has 1 aliphatic carbocycles. The standard InChI is InChI=1S/C8H11N5S/c1-13-7(10-11-12-13)14-6-8(2-3-8)4-5-9/h2-4,6H2,1H3. The Morgan fingerprint density at radius 3 is 2.93 bits per heavy atom. The highest BCUT2D eigenvalue weighted by Gasteiger charge is 2.42. The van der Waals surface area contributed by atoms with Gasteiger partial charge in [0.15, 0.2) is 0 Å². The summed E-state index contributed by atoms with van der Waals surface area (Å²) in [5.41, 5.74) is 0.255. The predicted molar refractivity (Wildman–Crippen MR) is 51.4 cm³/mol. The van der Waals surface area contributed by atoms with Crippen LogP contribution in [0.2, 0.25) is 0 Å². The van der Waals surface area contributed by atoms with E-state index >= 15 is 0 Å². The number of thioether (sulfide) groups is 1. The molecular formula is C8H11N5S. The fourth-order valence-electron chi connectivity index (χ4n) is 1.28. The smallest absolute Gasteiger partial charge is 0.209 e. The average Bonchev–Trinajstić information content (AvgIpc) is 2.81. The molecule has 0 N–H and O–H groups in total. The molecule has 5 nitrogen and oxygen atoms in total. The highest BCUT2D eigenvalue weighted by Crippen LogP contribution is 2.51. The van der Waals surface area contributed by atoms with Crippen molar-refractivity contribution in [2.45, 2.75) is 24.4 Å². The van der Waals surface area contributed by atoms with Crippen molar-refractivity contribution in [3.05, 3.63) is 0 Å². The fraction of sp³-hybridized carbons (Fsp3) is 0.750. The lowest BCUT2D eigenvalue weighted by atomic mass is 10.1. The monoisotopic (exact) mass is 209 g/mol. The van der Waals surface area contributed by atoms with Crippen molar-refractivity contribution < 1.29 is 0 Å². The molecule has 0 unspecified atom stereocenters. The van der Waals surface area contributed by atoms with Gasteiger partial charge in [0.05, 0.1) is 6.07 Å². The van der Waals surface area contributed by atoms with Crippen molar-refractivity contribution in [3.63, 3.8) is 0 Å². The van der Waals surface area contributed by atoms with Gasteiger partial charge in [-0.25, -0.2) is 4.68 Å². The second-order valence-corrected chi connectivity index (χ2v) is 4.65. The third-order valence-electron chi connectivity index (χ3n) is 2.50.